The highest BCUT2D eigenvalue weighted by molar-refractivity contribution is 6.27. The molecule has 0 spiro atoms. The van der Waals surface area contributed by atoms with E-state index in [1.165, 1.54) is 54.0 Å². The van der Waals surface area contributed by atoms with Gasteiger partial charge in [0.05, 0.1) is 5.52 Å². The first-order valence-electron chi connectivity index (χ1n) is 9.90. The molecule has 3 heterocycles. The summed E-state index contributed by atoms with van der Waals surface area (Å²) in [7, 11) is 0. The fourth-order valence-electron chi connectivity index (χ4n) is 4.89. The van der Waals surface area contributed by atoms with Crippen molar-refractivity contribution in [3.63, 3.8) is 0 Å². The van der Waals surface area contributed by atoms with E-state index in [9.17, 15) is 0 Å². The number of benzene rings is 4. The maximum absolute atomic E-state index is 4.79. The first-order chi connectivity index (χ1) is 14.4. The molecule has 0 saturated carbocycles. The minimum Gasteiger partial charge on any atom is -0.299 e. The number of rotatable bonds is 0. The minimum absolute atomic E-state index is 1.01. The number of nitrogens with zero attached hydrogens (tertiary/aromatic N) is 2. The van der Waals surface area contributed by atoms with Gasteiger partial charge in [0.2, 0.25) is 0 Å². The third kappa shape index (κ3) is 1.93. The summed E-state index contributed by atoms with van der Waals surface area (Å²) in [4.78, 5) is 4.79. The highest BCUT2D eigenvalue weighted by atomic mass is 15.0. The molecule has 134 valence electrons. The van der Waals surface area contributed by atoms with Crippen LogP contribution in [0.3, 0.4) is 0 Å². The van der Waals surface area contributed by atoms with Gasteiger partial charge in [-0.05, 0) is 45.8 Å². The van der Waals surface area contributed by atoms with Crippen LogP contribution in [0, 0.1) is 0 Å². The van der Waals surface area contributed by atoms with E-state index in [-0.39, 0.29) is 0 Å². The van der Waals surface area contributed by atoms with Crippen molar-refractivity contribution in [1.29, 1.82) is 0 Å². The molecular weight excluding hydrogens is 352 g/mol. The van der Waals surface area contributed by atoms with Crippen LogP contribution in [0.2, 0.25) is 0 Å². The molecule has 2 nitrogen and oxygen atoms in total. The molecule has 0 bridgehead atoms. The van der Waals surface area contributed by atoms with Crippen LogP contribution in [0.25, 0.3) is 59.6 Å². The zero-order valence-electron chi connectivity index (χ0n) is 15.6. The van der Waals surface area contributed by atoms with Gasteiger partial charge in [0, 0.05) is 39.3 Å². The van der Waals surface area contributed by atoms with E-state index in [1.54, 1.807) is 0 Å². The van der Waals surface area contributed by atoms with Crippen molar-refractivity contribution in [2.24, 2.45) is 0 Å². The van der Waals surface area contributed by atoms with Gasteiger partial charge in [-0.2, -0.15) is 0 Å². The second kappa shape index (κ2) is 5.33. The lowest BCUT2D eigenvalue weighted by Crippen LogP contribution is -1.93. The van der Waals surface area contributed by atoms with Gasteiger partial charge in [0.1, 0.15) is 5.65 Å². The van der Waals surface area contributed by atoms with Crippen molar-refractivity contribution in [2.45, 2.75) is 0 Å². The van der Waals surface area contributed by atoms with Crippen molar-refractivity contribution in [1.82, 2.24) is 9.38 Å². The summed E-state index contributed by atoms with van der Waals surface area (Å²) in [6.45, 7) is 0. The Morgan fingerprint density at radius 2 is 1.31 bits per heavy atom. The minimum atomic E-state index is 1.01. The Morgan fingerprint density at radius 3 is 2.21 bits per heavy atom. The molecule has 0 amide bonds. The fourth-order valence-corrected chi connectivity index (χ4v) is 4.89. The molecule has 2 heteroatoms. The molecule has 29 heavy (non-hydrogen) atoms. The highest BCUT2D eigenvalue weighted by Gasteiger charge is 2.15. The maximum Gasteiger partial charge on any atom is 0.145 e. The Kier molecular flexibility index (Phi) is 2.77. The van der Waals surface area contributed by atoms with E-state index in [1.807, 2.05) is 12.3 Å². The lowest BCUT2D eigenvalue weighted by molar-refractivity contribution is 1.21. The van der Waals surface area contributed by atoms with E-state index in [0.29, 0.717) is 0 Å². The van der Waals surface area contributed by atoms with Crippen LogP contribution in [0.1, 0.15) is 0 Å². The topological polar surface area (TPSA) is 17.3 Å². The van der Waals surface area contributed by atoms with Crippen LogP contribution in [-0.4, -0.2) is 9.38 Å². The summed E-state index contributed by atoms with van der Waals surface area (Å²) in [6.07, 6.45) is 4.10. The van der Waals surface area contributed by atoms with Crippen LogP contribution in [-0.2, 0) is 0 Å². The van der Waals surface area contributed by atoms with E-state index < -0.39 is 0 Å². The number of hydrogen-bond acceptors (Lipinski definition) is 1. The molecule has 0 aliphatic carbocycles. The molecule has 0 unspecified atom stereocenters. The summed E-state index contributed by atoms with van der Waals surface area (Å²) < 4.78 is 2.26. The molecule has 0 fully saturated rings. The normalized spacial score (nSPS) is 12.1. The van der Waals surface area contributed by atoms with Crippen molar-refractivity contribution < 1.29 is 0 Å². The van der Waals surface area contributed by atoms with Crippen molar-refractivity contribution in [3.8, 4) is 0 Å². The molecule has 0 atom stereocenters. The van der Waals surface area contributed by atoms with E-state index in [2.05, 4.69) is 89.5 Å². The van der Waals surface area contributed by atoms with Crippen LogP contribution >= 0.6 is 0 Å². The average Bonchev–Trinajstić information content (AvgIpc) is 3.17. The molecule has 7 rings (SSSR count). The summed E-state index contributed by atoms with van der Waals surface area (Å²) in [5, 5.41) is 11.4. The van der Waals surface area contributed by atoms with Crippen molar-refractivity contribution >= 4 is 59.6 Å². The maximum atomic E-state index is 4.79. The van der Waals surface area contributed by atoms with Crippen LogP contribution < -0.4 is 0 Å². The van der Waals surface area contributed by atoms with Gasteiger partial charge < -0.3 is 0 Å². The lowest BCUT2D eigenvalue weighted by atomic mass is 9.96. The zero-order valence-corrected chi connectivity index (χ0v) is 15.6. The van der Waals surface area contributed by atoms with Crippen molar-refractivity contribution in [3.05, 3.63) is 97.3 Å². The standard InChI is InChI=1S/C27H16N2/c1-2-7-18-15-24-19(14-17(18)6-1)11-12-22-25(24)23-10-5-13-28-27(23)29-16-20-8-3-4-9-21(20)26(22)29/h1-16H. The molecule has 0 aliphatic rings. The number of aromatic nitrogens is 2. The molecular formula is C27H16N2. The largest absolute Gasteiger partial charge is 0.299 e. The molecule has 0 N–H and O–H groups in total. The molecule has 0 aliphatic heterocycles. The second-order valence-electron chi connectivity index (χ2n) is 7.72. The Bertz CT molecular complexity index is 1760. The SMILES string of the molecule is c1ccc2cc3c(ccc4c3c3cccnc3n3cc5ccccc5c43)cc2c1. The first kappa shape index (κ1) is 15.1. The highest BCUT2D eigenvalue weighted by Crippen LogP contribution is 2.38. The monoisotopic (exact) mass is 368 g/mol. The third-order valence-electron chi connectivity index (χ3n) is 6.15. The van der Waals surface area contributed by atoms with E-state index >= 15 is 0 Å². The summed E-state index contributed by atoms with van der Waals surface area (Å²) >= 11 is 0. The number of hydrogen-bond donors (Lipinski definition) is 0. The van der Waals surface area contributed by atoms with Gasteiger partial charge in [-0.1, -0.05) is 60.7 Å². The molecule has 7 aromatic rings. The lowest BCUT2D eigenvalue weighted by Gasteiger charge is -2.12. The van der Waals surface area contributed by atoms with Gasteiger partial charge in [0.15, 0.2) is 0 Å². The fraction of sp³-hybridized carbons (Fsp3) is 0. The van der Waals surface area contributed by atoms with Gasteiger partial charge in [-0.25, -0.2) is 4.98 Å². The Balaban J connectivity index is 1.85. The summed E-state index contributed by atoms with van der Waals surface area (Å²) in [5.41, 5.74) is 2.24. The molecule has 0 saturated heterocycles. The first-order valence-corrected chi connectivity index (χ1v) is 9.90. The van der Waals surface area contributed by atoms with Crippen molar-refractivity contribution in [2.75, 3.05) is 0 Å². The molecule has 4 aromatic carbocycles. The Morgan fingerprint density at radius 1 is 0.552 bits per heavy atom. The summed E-state index contributed by atoms with van der Waals surface area (Å²) in [5.74, 6) is 0. The van der Waals surface area contributed by atoms with E-state index in [0.717, 1.165) is 5.65 Å². The predicted octanol–water partition coefficient (Wildman–Crippen LogP) is 7.10. The number of fused-ring (bicyclic) bond motifs is 11. The van der Waals surface area contributed by atoms with Crippen LogP contribution in [0.15, 0.2) is 97.3 Å². The quantitative estimate of drug-likeness (QED) is 0.206. The van der Waals surface area contributed by atoms with Crippen LogP contribution in [0.4, 0.5) is 0 Å². The summed E-state index contributed by atoms with van der Waals surface area (Å²) in [6, 6.07) is 30.6. The molecule has 3 aromatic heterocycles. The van der Waals surface area contributed by atoms with Crippen LogP contribution in [0.5, 0.6) is 0 Å². The van der Waals surface area contributed by atoms with E-state index in [4.69, 9.17) is 4.98 Å². The smallest absolute Gasteiger partial charge is 0.145 e. The zero-order chi connectivity index (χ0) is 18.9. The predicted molar refractivity (Wildman–Crippen MR) is 123 cm³/mol. The third-order valence-corrected chi connectivity index (χ3v) is 6.15. The Labute approximate surface area is 166 Å². The van der Waals surface area contributed by atoms with Gasteiger partial charge in [-0.15, -0.1) is 0 Å². The van der Waals surface area contributed by atoms with Gasteiger partial charge in [-0.3, -0.25) is 4.40 Å². The Hall–Kier alpha value is -3.91. The van der Waals surface area contributed by atoms with Gasteiger partial charge in [0.25, 0.3) is 0 Å². The number of pyridine rings is 2. The second-order valence-corrected chi connectivity index (χ2v) is 7.72. The van der Waals surface area contributed by atoms with Gasteiger partial charge >= 0.3 is 0 Å². The molecule has 0 radical (unpaired) electrons. The average molecular weight is 368 g/mol.